The summed E-state index contributed by atoms with van der Waals surface area (Å²) in [6.07, 6.45) is 58.3. The molecule has 1 aliphatic heterocycles. The molecule has 1 aliphatic rings. The molecule has 0 radical (unpaired) electrons. The van der Waals surface area contributed by atoms with Gasteiger partial charge in [0.1, 0.15) is 24.4 Å². The van der Waals surface area contributed by atoms with Gasteiger partial charge in [-0.15, -0.1) is 0 Å². The molecule has 1 fully saturated rings. The van der Waals surface area contributed by atoms with Crippen LogP contribution in [0.3, 0.4) is 0 Å². The number of hydrogen-bond donors (Lipinski definition) is 6. The zero-order chi connectivity index (χ0) is 50.8. The van der Waals surface area contributed by atoms with Gasteiger partial charge in [-0.05, 0) is 44.9 Å². The Kier molecular flexibility index (Phi) is 48.7. The van der Waals surface area contributed by atoms with E-state index in [1.54, 1.807) is 6.08 Å². The number of unbranched alkanes of at least 4 members (excludes halogenated alkanes) is 41. The van der Waals surface area contributed by atoms with Crippen LogP contribution in [0.4, 0.5) is 0 Å². The summed E-state index contributed by atoms with van der Waals surface area (Å²) in [6.45, 7) is 3.82. The van der Waals surface area contributed by atoms with E-state index in [9.17, 15) is 30.3 Å². The quantitative estimate of drug-likeness (QED) is 0.0261. The van der Waals surface area contributed by atoms with E-state index in [1.165, 1.54) is 244 Å². The number of hydrogen-bond acceptors (Lipinski definition) is 8. The van der Waals surface area contributed by atoms with Gasteiger partial charge in [0.25, 0.3) is 0 Å². The van der Waals surface area contributed by atoms with E-state index in [4.69, 9.17) is 9.47 Å². The number of carbonyl (C=O) groups excluding carboxylic acids is 1. The first kappa shape index (κ1) is 66.7. The summed E-state index contributed by atoms with van der Waals surface area (Å²) in [4.78, 5) is 13.1. The molecule has 6 N–H and O–H groups in total. The molecular formula is C61H117NO8. The Morgan fingerprint density at radius 3 is 1.16 bits per heavy atom. The Hall–Kier alpha value is -1.33. The van der Waals surface area contributed by atoms with Gasteiger partial charge in [-0.2, -0.15) is 0 Å². The van der Waals surface area contributed by atoms with Gasteiger partial charge in [-0.3, -0.25) is 4.79 Å². The monoisotopic (exact) mass is 992 g/mol. The van der Waals surface area contributed by atoms with Crippen LogP contribution < -0.4 is 5.32 Å². The molecule has 414 valence electrons. The normalized spacial score (nSPS) is 19.4. The minimum Gasteiger partial charge on any atom is -0.394 e. The lowest BCUT2D eigenvalue weighted by atomic mass is 9.99. The molecule has 70 heavy (non-hydrogen) atoms. The summed E-state index contributed by atoms with van der Waals surface area (Å²) in [5, 5.41) is 54.6. The smallest absolute Gasteiger partial charge is 0.220 e. The van der Waals surface area contributed by atoms with Gasteiger partial charge >= 0.3 is 0 Å². The molecular weight excluding hydrogens is 875 g/mol. The SMILES string of the molecule is CCCCCCCCCCCCCC/C=C\CCCCCCCCCCCCCCCC(=O)NC(COC1OC(CO)C(O)C(O)C1O)C(O)/C=C/CCCCCCCCCCCCCCCCCC. The van der Waals surface area contributed by atoms with E-state index in [0.717, 1.165) is 38.5 Å². The summed E-state index contributed by atoms with van der Waals surface area (Å²) >= 11 is 0. The Morgan fingerprint density at radius 2 is 0.800 bits per heavy atom. The van der Waals surface area contributed by atoms with Crippen LogP contribution in [-0.2, 0) is 14.3 Å². The molecule has 0 aliphatic carbocycles. The van der Waals surface area contributed by atoms with Crippen molar-refractivity contribution in [1.29, 1.82) is 0 Å². The number of aliphatic hydroxyl groups excluding tert-OH is 5. The molecule has 7 unspecified atom stereocenters. The molecule has 1 saturated heterocycles. The van der Waals surface area contributed by atoms with Crippen LogP contribution >= 0.6 is 0 Å². The summed E-state index contributed by atoms with van der Waals surface area (Å²) in [5.74, 6) is -0.172. The summed E-state index contributed by atoms with van der Waals surface area (Å²) in [7, 11) is 0. The van der Waals surface area contributed by atoms with Gasteiger partial charge in [-0.1, -0.05) is 276 Å². The van der Waals surface area contributed by atoms with Crippen molar-refractivity contribution < 1.29 is 39.8 Å². The molecule has 9 nitrogen and oxygen atoms in total. The van der Waals surface area contributed by atoms with Crippen LogP contribution in [0.25, 0.3) is 0 Å². The lowest BCUT2D eigenvalue weighted by Crippen LogP contribution is -2.60. The highest BCUT2D eigenvalue weighted by atomic mass is 16.7. The van der Waals surface area contributed by atoms with E-state index < -0.39 is 49.5 Å². The van der Waals surface area contributed by atoms with Crippen LogP contribution in [-0.4, -0.2) is 87.5 Å². The molecule has 0 bridgehead atoms. The van der Waals surface area contributed by atoms with Crippen molar-refractivity contribution in [2.24, 2.45) is 0 Å². The van der Waals surface area contributed by atoms with Crippen LogP contribution in [0, 0.1) is 0 Å². The number of rotatable bonds is 53. The molecule has 7 atom stereocenters. The molecule has 0 aromatic carbocycles. The number of ether oxygens (including phenoxy) is 2. The van der Waals surface area contributed by atoms with E-state index in [2.05, 4.69) is 31.3 Å². The van der Waals surface area contributed by atoms with Crippen molar-refractivity contribution in [2.75, 3.05) is 13.2 Å². The zero-order valence-corrected chi connectivity index (χ0v) is 46.0. The Balaban J connectivity index is 2.16. The fraction of sp³-hybridized carbons (Fsp3) is 0.918. The molecule has 1 amide bonds. The van der Waals surface area contributed by atoms with Gasteiger partial charge in [0.15, 0.2) is 6.29 Å². The minimum atomic E-state index is -1.57. The standard InChI is InChI=1S/C61H117NO8/c1-3-5-7-9-11-13-15-17-19-21-23-24-25-26-27-28-29-30-31-32-33-35-37-39-41-43-45-47-49-51-57(65)62-54(53-69-61-60(68)59(67)58(66)56(52-63)70-61)55(64)50-48-46-44-42-40-38-36-34-22-20-18-16-14-12-10-8-6-4-2/h26-27,48,50,54-56,58-61,63-64,66-68H,3-25,28-47,49,51-53H2,1-2H3,(H,62,65)/b27-26-,50-48+. The third-order valence-corrected chi connectivity index (χ3v) is 14.8. The Labute approximate surface area is 432 Å². The lowest BCUT2D eigenvalue weighted by molar-refractivity contribution is -0.302. The van der Waals surface area contributed by atoms with Crippen molar-refractivity contribution in [2.45, 2.75) is 346 Å². The van der Waals surface area contributed by atoms with E-state index >= 15 is 0 Å². The predicted octanol–water partition coefficient (Wildman–Crippen LogP) is 15.4. The average Bonchev–Trinajstić information content (AvgIpc) is 3.36. The van der Waals surface area contributed by atoms with Gasteiger partial charge in [-0.25, -0.2) is 0 Å². The lowest BCUT2D eigenvalue weighted by Gasteiger charge is -2.40. The van der Waals surface area contributed by atoms with Crippen LogP contribution in [0.15, 0.2) is 24.3 Å². The Morgan fingerprint density at radius 1 is 0.471 bits per heavy atom. The van der Waals surface area contributed by atoms with Crippen molar-refractivity contribution in [3.8, 4) is 0 Å². The molecule has 1 rings (SSSR count). The second-order valence-electron chi connectivity index (χ2n) is 21.5. The molecule has 0 aromatic rings. The highest BCUT2D eigenvalue weighted by Crippen LogP contribution is 2.23. The third-order valence-electron chi connectivity index (χ3n) is 14.8. The van der Waals surface area contributed by atoms with E-state index in [-0.39, 0.29) is 12.5 Å². The second-order valence-corrected chi connectivity index (χ2v) is 21.5. The van der Waals surface area contributed by atoms with Gasteiger partial charge < -0.3 is 40.3 Å². The number of carbonyl (C=O) groups is 1. The maximum atomic E-state index is 13.1. The topological polar surface area (TPSA) is 149 Å². The van der Waals surface area contributed by atoms with Crippen molar-refractivity contribution >= 4 is 5.91 Å². The Bertz CT molecular complexity index is 1150. The fourth-order valence-corrected chi connectivity index (χ4v) is 9.92. The van der Waals surface area contributed by atoms with Crippen LogP contribution in [0.1, 0.15) is 303 Å². The summed E-state index contributed by atoms with van der Waals surface area (Å²) in [6, 6.07) is -0.803. The first-order valence-electron chi connectivity index (χ1n) is 30.6. The van der Waals surface area contributed by atoms with Crippen molar-refractivity contribution in [3.05, 3.63) is 24.3 Å². The predicted molar refractivity (Wildman–Crippen MR) is 295 cm³/mol. The van der Waals surface area contributed by atoms with Gasteiger partial charge in [0.05, 0.1) is 25.4 Å². The molecule has 9 heteroatoms. The summed E-state index contributed by atoms with van der Waals surface area (Å²) < 4.78 is 11.3. The first-order chi connectivity index (χ1) is 34.3. The molecule has 0 aromatic heterocycles. The van der Waals surface area contributed by atoms with Gasteiger partial charge in [0, 0.05) is 6.42 Å². The molecule has 0 saturated carbocycles. The number of nitrogens with one attached hydrogen (secondary N) is 1. The third kappa shape index (κ3) is 40.1. The summed E-state index contributed by atoms with van der Waals surface area (Å²) in [5.41, 5.74) is 0. The number of aliphatic hydroxyl groups is 5. The average molecular weight is 993 g/mol. The zero-order valence-electron chi connectivity index (χ0n) is 46.0. The van der Waals surface area contributed by atoms with Crippen molar-refractivity contribution in [1.82, 2.24) is 5.32 Å². The fourth-order valence-electron chi connectivity index (χ4n) is 9.92. The van der Waals surface area contributed by atoms with E-state index in [0.29, 0.717) is 6.42 Å². The maximum absolute atomic E-state index is 13.1. The van der Waals surface area contributed by atoms with Gasteiger partial charge in [0.2, 0.25) is 5.91 Å². The minimum absolute atomic E-state index is 0.172. The largest absolute Gasteiger partial charge is 0.394 e. The molecule has 0 spiro atoms. The maximum Gasteiger partial charge on any atom is 0.220 e. The number of amides is 1. The highest BCUT2D eigenvalue weighted by Gasteiger charge is 2.44. The van der Waals surface area contributed by atoms with E-state index in [1.807, 2.05) is 6.08 Å². The highest BCUT2D eigenvalue weighted by molar-refractivity contribution is 5.76. The molecule has 1 heterocycles. The van der Waals surface area contributed by atoms with Crippen LogP contribution in [0.5, 0.6) is 0 Å². The van der Waals surface area contributed by atoms with Crippen LogP contribution in [0.2, 0.25) is 0 Å². The second kappa shape index (κ2) is 51.2. The number of allylic oxidation sites excluding steroid dienone is 3. The first-order valence-corrected chi connectivity index (χ1v) is 30.6. The van der Waals surface area contributed by atoms with Crippen molar-refractivity contribution in [3.63, 3.8) is 0 Å².